The molecular formula is C16H25N3O2S. The monoisotopic (exact) mass is 323 g/mol. The van der Waals surface area contributed by atoms with Gasteiger partial charge >= 0.3 is 6.03 Å². The molecule has 0 unspecified atom stereocenters. The van der Waals surface area contributed by atoms with E-state index < -0.39 is 0 Å². The van der Waals surface area contributed by atoms with E-state index in [1.54, 1.807) is 18.4 Å². The van der Waals surface area contributed by atoms with E-state index in [0.717, 1.165) is 43.2 Å². The number of likely N-dealkylation sites (tertiary alicyclic amines) is 1. The second-order valence-corrected chi connectivity index (χ2v) is 7.39. The Morgan fingerprint density at radius 1 is 1.55 bits per heavy atom. The molecule has 2 aliphatic rings. The number of urea groups is 1. The summed E-state index contributed by atoms with van der Waals surface area (Å²) in [5, 5.41) is 6.35. The zero-order valence-corrected chi connectivity index (χ0v) is 14.2. The molecule has 3 rings (SSSR count). The van der Waals surface area contributed by atoms with Gasteiger partial charge in [0.15, 0.2) is 0 Å². The molecule has 2 atom stereocenters. The SMILES string of the molecule is COC[C@@H]1CCCN(C(=O)N[C@@H](c2nc(C)cs2)C2CC2)C1. The first kappa shape index (κ1) is 15.7. The van der Waals surface area contributed by atoms with Crippen molar-refractivity contribution in [3.8, 4) is 0 Å². The fourth-order valence-electron chi connectivity index (χ4n) is 3.17. The van der Waals surface area contributed by atoms with Crippen molar-refractivity contribution in [2.75, 3.05) is 26.8 Å². The number of nitrogens with one attached hydrogen (secondary N) is 1. The molecule has 1 aliphatic carbocycles. The molecule has 1 saturated heterocycles. The lowest BCUT2D eigenvalue weighted by molar-refractivity contribution is 0.0992. The minimum absolute atomic E-state index is 0.0607. The Morgan fingerprint density at radius 2 is 2.36 bits per heavy atom. The molecule has 122 valence electrons. The van der Waals surface area contributed by atoms with Crippen LogP contribution in [0.1, 0.15) is 42.4 Å². The normalized spacial score (nSPS) is 23.4. The summed E-state index contributed by atoms with van der Waals surface area (Å²) in [5.41, 5.74) is 1.04. The number of ether oxygens (including phenoxy) is 1. The van der Waals surface area contributed by atoms with E-state index in [2.05, 4.69) is 15.7 Å². The number of piperidine rings is 1. The van der Waals surface area contributed by atoms with Crippen LogP contribution in [0.4, 0.5) is 4.79 Å². The van der Waals surface area contributed by atoms with Gasteiger partial charge in [-0.15, -0.1) is 11.3 Å². The van der Waals surface area contributed by atoms with Crippen molar-refractivity contribution in [3.63, 3.8) is 0 Å². The molecule has 22 heavy (non-hydrogen) atoms. The zero-order chi connectivity index (χ0) is 15.5. The van der Waals surface area contributed by atoms with E-state index in [1.165, 1.54) is 12.8 Å². The molecule has 6 heteroatoms. The third-order valence-electron chi connectivity index (χ3n) is 4.48. The van der Waals surface area contributed by atoms with Crippen LogP contribution < -0.4 is 5.32 Å². The fraction of sp³-hybridized carbons (Fsp3) is 0.750. The maximum absolute atomic E-state index is 12.6. The minimum Gasteiger partial charge on any atom is -0.384 e. The van der Waals surface area contributed by atoms with Gasteiger partial charge in [-0.1, -0.05) is 0 Å². The lowest BCUT2D eigenvalue weighted by atomic mass is 9.99. The largest absolute Gasteiger partial charge is 0.384 e. The first-order chi connectivity index (χ1) is 10.7. The number of hydrogen-bond acceptors (Lipinski definition) is 4. The summed E-state index contributed by atoms with van der Waals surface area (Å²) in [6.07, 6.45) is 4.59. The highest BCUT2D eigenvalue weighted by atomic mass is 32.1. The third-order valence-corrected chi connectivity index (χ3v) is 5.53. The van der Waals surface area contributed by atoms with Gasteiger partial charge in [0.2, 0.25) is 0 Å². The quantitative estimate of drug-likeness (QED) is 0.906. The van der Waals surface area contributed by atoms with Gasteiger partial charge in [-0.05, 0) is 38.5 Å². The Balaban J connectivity index is 1.61. The Kier molecular flexibility index (Phi) is 4.98. The van der Waals surface area contributed by atoms with Crippen molar-refractivity contribution >= 4 is 17.4 Å². The van der Waals surface area contributed by atoms with Gasteiger partial charge in [0.25, 0.3) is 0 Å². The van der Waals surface area contributed by atoms with Crippen molar-refractivity contribution < 1.29 is 9.53 Å². The van der Waals surface area contributed by atoms with Crippen LogP contribution in [0, 0.1) is 18.8 Å². The Labute approximate surface area is 136 Å². The standard InChI is InChI=1S/C16H25N3O2S/c1-11-10-22-15(17-11)14(13-5-6-13)18-16(20)19-7-3-4-12(8-19)9-21-2/h10,12-14H,3-9H2,1-2H3,(H,18,20)/t12-,14-/m1/s1. The van der Waals surface area contributed by atoms with Crippen molar-refractivity contribution in [2.45, 2.75) is 38.6 Å². The van der Waals surface area contributed by atoms with Crippen molar-refractivity contribution in [3.05, 3.63) is 16.1 Å². The van der Waals surface area contributed by atoms with Gasteiger partial charge in [-0.3, -0.25) is 0 Å². The molecule has 2 fully saturated rings. The smallest absolute Gasteiger partial charge is 0.317 e. The number of rotatable bonds is 5. The summed E-state index contributed by atoms with van der Waals surface area (Å²) >= 11 is 1.66. The topological polar surface area (TPSA) is 54.5 Å². The fourth-order valence-corrected chi connectivity index (χ4v) is 4.11. The van der Waals surface area contributed by atoms with Crippen LogP contribution >= 0.6 is 11.3 Å². The average Bonchev–Trinajstić information content (AvgIpc) is 3.26. The van der Waals surface area contributed by atoms with Crippen LogP contribution in [0.15, 0.2) is 5.38 Å². The Hall–Kier alpha value is -1.14. The van der Waals surface area contributed by atoms with Crippen molar-refractivity contribution in [1.29, 1.82) is 0 Å². The van der Waals surface area contributed by atoms with E-state index in [4.69, 9.17) is 4.74 Å². The molecule has 2 heterocycles. The molecular weight excluding hydrogens is 298 g/mol. The molecule has 1 aromatic rings. The van der Waals surface area contributed by atoms with Crippen LogP contribution in [-0.2, 0) is 4.74 Å². The summed E-state index contributed by atoms with van der Waals surface area (Å²) in [5.74, 6) is 1.03. The third kappa shape index (κ3) is 3.79. The Bertz CT molecular complexity index is 513. The molecule has 1 N–H and O–H groups in total. The highest BCUT2D eigenvalue weighted by molar-refractivity contribution is 7.09. The predicted molar refractivity (Wildman–Crippen MR) is 87.0 cm³/mol. The van der Waals surface area contributed by atoms with E-state index in [9.17, 15) is 4.79 Å². The van der Waals surface area contributed by atoms with Crippen molar-refractivity contribution in [1.82, 2.24) is 15.2 Å². The highest BCUT2D eigenvalue weighted by Crippen LogP contribution is 2.42. The number of aryl methyl sites for hydroxylation is 1. The van der Waals surface area contributed by atoms with E-state index in [-0.39, 0.29) is 12.1 Å². The molecule has 5 nitrogen and oxygen atoms in total. The van der Waals surface area contributed by atoms with Gasteiger partial charge in [-0.2, -0.15) is 0 Å². The maximum Gasteiger partial charge on any atom is 0.317 e. The average molecular weight is 323 g/mol. The van der Waals surface area contributed by atoms with E-state index in [0.29, 0.717) is 11.8 Å². The van der Waals surface area contributed by atoms with Gasteiger partial charge in [0.1, 0.15) is 5.01 Å². The second kappa shape index (κ2) is 6.96. The summed E-state index contributed by atoms with van der Waals surface area (Å²) < 4.78 is 5.24. The second-order valence-electron chi connectivity index (χ2n) is 6.50. The highest BCUT2D eigenvalue weighted by Gasteiger charge is 2.36. The summed E-state index contributed by atoms with van der Waals surface area (Å²) in [6.45, 7) is 4.39. The molecule has 1 aromatic heterocycles. The van der Waals surface area contributed by atoms with Crippen LogP contribution in [0.5, 0.6) is 0 Å². The van der Waals surface area contributed by atoms with Crippen molar-refractivity contribution in [2.24, 2.45) is 11.8 Å². The van der Waals surface area contributed by atoms with E-state index >= 15 is 0 Å². The zero-order valence-electron chi connectivity index (χ0n) is 13.4. The minimum atomic E-state index is 0.0607. The van der Waals surface area contributed by atoms with Crippen LogP contribution in [0.3, 0.4) is 0 Å². The maximum atomic E-state index is 12.6. The first-order valence-corrected chi connectivity index (χ1v) is 9.01. The van der Waals surface area contributed by atoms with Crippen LogP contribution in [0.2, 0.25) is 0 Å². The number of thiazole rings is 1. The summed E-state index contributed by atoms with van der Waals surface area (Å²) in [4.78, 5) is 19.1. The lowest BCUT2D eigenvalue weighted by Gasteiger charge is -2.33. The molecule has 2 amide bonds. The molecule has 1 saturated carbocycles. The number of aromatic nitrogens is 1. The lowest BCUT2D eigenvalue weighted by Crippen LogP contribution is -2.47. The number of nitrogens with zero attached hydrogens (tertiary/aromatic N) is 2. The molecule has 0 radical (unpaired) electrons. The van der Waals surface area contributed by atoms with Gasteiger partial charge in [0, 0.05) is 37.2 Å². The van der Waals surface area contributed by atoms with E-state index in [1.807, 2.05) is 11.8 Å². The molecule has 0 aromatic carbocycles. The Morgan fingerprint density at radius 3 is 3.00 bits per heavy atom. The number of amides is 2. The summed E-state index contributed by atoms with van der Waals surface area (Å²) in [6, 6.07) is 0.152. The van der Waals surface area contributed by atoms with Crippen LogP contribution in [-0.4, -0.2) is 42.7 Å². The van der Waals surface area contributed by atoms with Gasteiger partial charge in [0.05, 0.1) is 12.6 Å². The van der Waals surface area contributed by atoms with Crippen LogP contribution in [0.25, 0.3) is 0 Å². The molecule has 1 aliphatic heterocycles. The predicted octanol–water partition coefficient (Wildman–Crippen LogP) is 2.97. The number of hydrogen-bond donors (Lipinski definition) is 1. The molecule has 0 bridgehead atoms. The number of carbonyl (C=O) groups excluding carboxylic acids is 1. The first-order valence-electron chi connectivity index (χ1n) is 8.13. The number of methoxy groups -OCH3 is 1. The number of carbonyl (C=O) groups is 1. The van der Waals surface area contributed by atoms with Gasteiger partial charge < -0.3 is 15.0 Å². The van der Waals surface area contributed by atoms with Gasteiger partial charge in [-0.25, -0.2) is 9.78 Å². The summed E-state index contributed by atoms with van der Waals surface area (Å²) in [7, 11) is 1.73. The molecule has 0 spiro atoms.